The summed E-state index contributed by atoms with van der Waals surface area (Å²) in [5, 5.41) is 0. The van der Waals surface area contributed by atoms with Crippen molar-refractivity contribution in [2.75, 3.05) is 0 Å². The van der Waals surface area contributed by atoms with E-state index in [0.29, 0.717) is 17.7 Å². The smallest absolute Gasteiger partial charge is 0.450 e. The third kappa shape index (κ3) is 4.20. The van der Waals surface area contributed by atoms with E-state index >= 15 is 0 Å². The number of benzene rings is 2. The molecule has 0 spiro atoms. The lowest BCUT2D eigenvalue weighted by atomic mass is 9.89. The van der Waals surface area contributed by atoms with E-state index in [9.17, 15) is 39.5 Å². The molecule has 0 N–H and O–H groups in total. The zero-order chi connectivity index (χ0) is 25.6. The molecular formula is C23H15F9O2. The molecule has 34 heavy (non-hydrogen) atoms. The van der Waals surface area contributed by atoms with E-state index < -0.39 is 52.9 Å². The number of alkyl halides is 9. The molecule has 1 heterocycles. The standard InChI is InChI=1S/C23H15F9O2/c1-3-14-5-9-16(10-6-14)20(22(27,28)29)18(13-19(24,25)26)33-21(34-20,23(30,31)32)17-11-7-15(4-2)8-12-17/h3-13H,1-2H2/b18-13-. The Kier molecular flexibility index (Phi) is 6.15. The second-order valence-electron chi connectivity index (χ2n) is 7.20. The Balaban J connectivity index is 2.39. The van der Waals surface area contributed by atoms with Crippen LogP contribution in [-0.2, 0) is 20.9 Å². The Morgan fingerprint density at radius 2 is 1.09 bits per heavy atom. The molecule has 0 aliphatic carbocycles. The van der Waals surface area contributed by atoms with Crippen molar-refractivity contribution in [3.8, 4) is 0 Å². The van der Waals surface area contributed by atoms with Gasteiger partial charge in [0.1, 0.15) is 0 Å². The van der Waals surface area contributed by atoms with Gasteiger partial charge in [-0.05, 0) is 11.1 Å². The maximum Gasteiger partial charge on any atom is 0.460 e. The SMILES string of the molecule is C=Cc1ccc(C2(C(F)(F)F)O/C(=C\C(F)(F)F)C(c3ccc(C=C)cc3)(C(F)(F)F)O2)cc1. The van der Waals surface area contributed by atoms with Crippen LogP contribution < -0.4 is 0 Å². The summed E-state index contributed by atoms with van der Waals surface area (Å²) in [5.41, 5.74) is -5.70. The van der Waals surface area contributed by atoms with Crippen LogP contribution >= 0.6 is 0 Å². The van der Waals surface area contributed by atoms with Gasteiger partial charge in [0.2, 0.25) is 5.60 Å². The van der Waals surface area contributed by atoms with Crippen LogP contribution in [0.5, 0.6) is 0 Å². The van der Waals surface area contributed by atoms with Gasteiger partial charge in [-0.25, -0.2) is 0 Å². The van der Waals surface area contributed by atoms with Crippen molar-refractivity contribution in [2.45, 2.75) is 29.9 Å². The van der Waals surface area contributed by atoms with Crippen LogP contribution in [0.25, 0.3) is 12.2 Å². The van der Waals surface area contributed by atoms with Crippen LogP contribution in [-0.4, -0.2) is 18.5 Å². The van der Waals surface area contributed by atoms with Crippen molar-refractivity contribution < 1.29 is 49.0 Å². The summed E-state index contributed by atoms with van der Waals surface area (Å²) >= 11 is 0. The Morgan fingerprint density at radius 1 is 0.647 bits per heavy atom. The van der Waals surface area contributed by atoms with E-state index in [1.165, 1.54) is 12.2 Å². The lowest BCUT2D eigenvalue weighted by Gasteiger charge is -2.34. The maximum atomic E-state index is 14.5. The molecule has 1 saturated heterocycles. The number of halogens is 9. The van der Waals surface area contributed by atoms with Crippen molar-refractivity contribution in [3.05, 3.63) is 95.8 Å². The molecule has 182 valence electrons. The third-order valence-electron chi connectivity index (χ3n) is 5.04. The minimum atomic E-state index is -5.80. The van der Waals surface area contributed by atoms with E-state index in [2.05, 4.69) is 22.6 Å². The van der Waals surface area contributed by atoms with Crippen LogP contribution in [0.1, 0.15) is 22.3 Å². The number of hydrogen-bond donors (Lipinski definition) is 0. The van der Waals surface area contributed by atoms with Gasteiger partial charge in [-0.3, -0.25) is 0 Å². The maximum absolute atomic E-state index is 14.5. The van der Waals surface area contributed by atoms with Gasteiger partial charge in [0.05, 0.1) is 6.08 Å². The summed E-state index contributed by atoms with van der Waals surface area (Å²) in [7, 11) is 0. The molecule has 3 rings (SSSR count). The number of ether oxygens (including phenoxy) is 2. The fraction of sp³-hybridized carbons (Fsp3) is 0.217. The first-order valence-corrected chi connectivity index (χ1v) is 9.38. The number of rotatable bonds is 4. The molecular weight excluding hydrogens is 479 g/mol. The molecule has 1 fully saturated rings. The molecule has 0 aromatic heterocycles. The van der Waals surface area contributed by atoms with E-state index in [1.807, 2.05) is 0 Å². The highest BCUT2D eigenvalue weighted by Crippen LogP contribution is 2.62. The average Bonchev–Trinajstić information content (AvgIpc) is 3.09. The van der Waals surface area contributed by atoms with E-state index in [1.54, 1.807) is 0 Å². The zero-order valence-electron chi connectivity index (χ0n) is 17.0. The van der Waals surface area contributed by atoms with Crippen LogP contribution in [0.4, 0.5) is 39.5 Å². The quantitative estimate of drug-likeness (QED) is 0.407. The molecule has 2 atom stereocenters. The summed E-state index contributed by atoms with van der Waals surface area (Å²) < 4.78 is 135. The molecule has 0 radical (unpaired) electrons. The average molecular weight is 494 g/mol. The molecule has 1 aliphatic rings. The van der Waals surface area contributed by atoms with Crippen LogP contribution in [0.15, 0.2) is 73.5 Å². The van der Waals surface area contributed by atoms with E-state index in [0.717, 1.165) is 36.4 Å². The summed E-state index contributed by atoms with van der Waals surface area (Å²) in [6.45, 7) is 6.81. The van der Waals surface area contributed by atoms with E-state index in [-0.39, 0.29) is 5.56 Å². The van der Waals surface area contributed by atoms with Gasteiger partial charge in [0, 0.05) is 11.1 Å². The zero-order valence-corrected chi connectivity index (χ0v) is 17.0. The molecule has 11 heteroatoms. The second kappa shape index (κ2) is 8.23. The molecule has 2 aromatic carbocycles. The number of allylic oxidation sites excluding steroid dienone is 1. The van der Waals surface area contributed by atoms with Gasteiger partial charge in [0.15, 0.2) is 5.76 Å². The molecule has 2 nitrogen and oxygen atoms in total. The number of hydrogen-bond acceptors (Lipinski definition) is 2. The van der Waals surface area contributed by atoms with Gasteiger partial charge in [0.25, 0.3) is 0 Å². The Hall–Kier alpha value is -3.21. The largest absolute Gasteiger partial charge is 0.460 e. The van der Waals surface area contributed by atoms with Crippen molar-refractivity contribution >= 4 is 12.2 Å². The van der Waals surface area contributed by atoms with Crippen LogP contribution in [0, 0.1) is 0 Å². The first-order valence-electron chi connectivity index (χ1n) is 9.38. The monoisotopic (exact) mass is 494 g/mol. The molecule has 2 aromatic rings. The first-order chi connectivity index (χ1) is 15.6. The van der Waals surface area contributed by atoms with Gasteiger partial charge in [-0.1, -0.05) is 73.8 Å². The van der Waals surface area contributed by atoms with Gasteiger partial charge < -0.3 is 9.47 Å². The minimum absolute atomic E-state index is 0.267. The lowest BCUT2D eigenvalue weighted by molar-refractivity contribution is -0.386. The van der Waals surface area contributed by atoms with Crippen LogP contribution in [0.3, 0.4) is 0 Å². The van der Waals surface area contributed by atoms with Gasteiger partial charge >= 0.3 is 24.3 Å². The fourth-order valence-electron chi connectivity index (χ4n) is 3.45. The van der Waals surface area contributed by atoms with Gasteiger partial charge in [-0.2, -0.15) is 39.5 Å². The topological polar surface area (TPSA) is 18.5 Å². The molecule has 0 saturated carbocycles. The summed E-state index contributed by atoms with van der Waals surface area (Å²) in [6, 6.07) is 7.10. The van der Waals surface area contributed by atoms with Crippen molar-refractivity contribution in [2.24, 2.45) is 0 Å². The highest BCUT2D eigenvalue weighted by Gasteiger charge is 2.77. The predicted octanol–water partition coefficient (Wildman–Crippen LogP) is 7.64. The summed E-state index contributed by atoms with van der Waals surface area (Å²) in [5.74, 6) is -6.31. The predicted molar refractivity (Wildman–Crippen MR) is 105 cm³/mol. The molecule has 0 amide bonds. The molecule has 0 bridgehead atoms. The highest BCUT2D eigenvalue weighted by molar-refractivity contribution is 5.50. The van der Waals surface area contributed by atoms with Crippen molar-refractivity contribution in [1.29, 1.82) is 0 Å². The van der Waals surface area contributed by atoms with Crippen molar-refractivity contribution in [3.63, 3.8) is 0 Å². The Morgan fingerprint density at radius 3 is 1.44 bits per heavy atom. The van der Waals surface area contributed by atoms with Crippen molar-refractivity contribution in [1.82, 2.24) is 0 Å². The first kappa shape index (κ1) is 25.4. The Bertz CT molecular complexity index is 1090. The second-order valence-corrected chi connectivity index (χ2v) is 7.20. The normalized spacial score (nSPS) is 24.7. The lowest BCUT2D eigenvalue weighted by Crippen LogP contribution is -2.49. The summed E-state index contributed by atoms with van der Waals surface area (Å²) in [4.78, 5) is 0. The summed E-state index contributed by atoms with van der Waals surface area (Å²) in [6.07, 6.45) is -15.5. The molecule has 1 aliphatic heterocycles. The van der Waals surface area contributed by atoms with E-state index in [4.69, 9.17) is 0 Å². The third-order valence-corrected chi connectivity index (χ3v) is 5.04. The fourth-order valence-corrected chi connectivity index (χ4v) is 3.45. The van der Waals surface area contributed by atoms with Crippen LogP contribution in [0.2, 0.25) is 0 Å². The highest BCUT2D eigenvalue weighted by atomic mass is 19.4. The Labute approximate surface area is 187 Å². The van der Waals surface area contributed by atoms with Gasteiger partial charge in [-0.15, -0.1) is 0 Å². The molecule has 2 unspecified atom stereocenters. The minimum Gasteiger partial charge on any atom is -0.450 e.